The third-order valence-corrected chi connectivity index (χ3v) is 6.69. The quantitative estimate of drug-likeness (QED) is 0.209. The van der Waals surface area contributed by atoms with Crippen LogP contribution in [0, 0.1) is 18.3 Å². The van der Waals surface area contributed by atoms with Crippen molar-refractivity contribution in [1.29, 1.82) is 5.41 Å². The minimum Gasteiger partial charge on any atom is -0.384 e. The molecule has 6 nitrogen and oxygen atoms in total. The summed E-state index contributed by atoms with van der Waals surface area (Å²) in [4.78, 5) is 4.28. The van der Waals surface area contributed by atoms with E-state index in [9.17, 15) is 13.2 Å². The van der Waals surface area contributed by atoms with Crippen molar-refractivity contribution in [1.82, 2.24) is 4.98 Å². The molecule has 0 aliphatic carbocycles. The van der Waals surface area contributed by atoms with Gasteiger partial charge in [0, 0.05) is 84.2 Å². The molecule has 1 saturated heterocycles. The summed E-state index contributed by atoms with van der Waals surface area (Å²) in [5.41, 5.74) is 4.76. The van der Waals surface area contributed by atoms with E-state index in [1.807, 2.05) is 31.2 Å². The number of pyridine rings is 1. The number of alkyl halides is 3. The molecule has 2 aromatic carbocycles. The van der Waals surface area contributed by atoms with E-state index in [-0.39, 0.29) is 5.92 Å². The molecule has 0 saturated carbocycles. The monoisotopic (exact) mass is 523 g/mol. The number of aromatic nitrogens is 1. The van der Waals surface area contributed by atoms with Gasteiger partial charge in [-0.3, -0.25) is 4.98 Å². The summed E-state index contributed by atoms with van der Waals surface area (Å²) in [5.74, 6) is 0.0595. The first-order chi connectivity index (χ1) is 18.2. The fourth-order valence-corrected chi connectivity index (χ4v) is 4.45. The predicted molar refractivity (Wildman–Crippen MR) is 146 cm³/mol. The van der Waals surface area contributed by atoms with Gasteiger partial charge >= 0.3 is 6.18 Å². The Balaban J connectivity index is 1.46. The van der Waals surface area contributed by atoms with Crippen LogP contribution < -0.4 is 16.0 Å². The van der Waals surface area contributed by atoms with E-state index in [0.29, 0.717) is 23.8 Å². The lowest BCUT2D eigenvalue weighted by Gasteiger charge is -2.26. The molecular formula is C29H32F3N5O. The van der Waals surface area contributed by atoms with Gasteiger partial charge in [0.05, 0.1) is 5.56 Å². The Bertz CT molecular complexity index is 1270. The number of ether oxygens (including phenoxy) is 1. The summed E-state index contributed by atoms with van der Waals surface area (Å²) in [6, 6.07) is 12.6. The molecule has 4 rings (SSSR count). The molecule has 200 valence electrons. The zero-order chi connectivity index (χ0) is 27.1. The van der Waals surface area contributed by atoms with Crippen LogP contribution in [0.15, 0.2) is 73.2 Å². The molecule has 1 aromatic heterocycles. The lowest BCUT2D eigenvalue weighted by molar-refractivity contribution is -0.137. The number of aryl methyl sites for hydroxylation is 1. The molecule has 1 fully saturated rings. The Labute approximate surface area is 220 Å². The lowest BCUT2D eigenvalue weighted by atomic mass is 9.95. The van der Waals surface area contributed by atoms with E-state index in [1.54, 1.807) is 18.5 Å². The number of rotatable bonds is 10. The van der Waals surface area contributed by atoms with Crippen LogP contribution in [0.25, 0.3) is 0 Å². The van der Waals surface area contributed by atoms with Gasteiger partial charge in [-0.25, -0.2) is 0 Å². The molecule has 3 aromatic rings. The smallest absolute Gasteiger partial charge is 0.384 e. The highest BCUT2D eigenvalue weighted by Gasteiger charge is 2.30. The lowest BCUT2D eigenvalue weighted by Crippen LogP contribution is -2.22. The molecule has 1 aliphatic rings. The molecule has 2 heterocycles. The summed E-state index contributed by atoms with van der Waals surface area (Å²) < 4.78 is 44.7. The van der Waals surface area contributed by atoms with Gasteiger partial charge in [-0.1, -0.05) is 18.7 Å². The van der Waals surface area contributed by atoms with Crippen molar-refractivity contribution in [2.24, 2.45) is 5.92 Å². The predicted octanol–water partition coefficient (Wildman–Crippen LogP) is 7.35. The van der Waals surface area contributed by atoms with Crippen LogP contribution in [0.4, 0.5) is 35.9 Å². The Morgan fingerprint density at radius 1 is 1.13 bits per heavy atom. The molecule has 9 heteroatoms. The molecule has 1 unspecified atom stereocenters. The van der Waals surface area contributed by atoms with Gasteiger partial charge in [0.25, 0.3) is 0 Å². The summed E-state index contributed by atoms with van der Waals surface area (Å²) in [7, 11) is 0. The number of nitrogens with one attached hydrogen (secondary N) is 4. The molecule has 4 N–H and O–H groups in total. The second-order valence-electron chi connectivity index (χ2n) is 9.39. The zero-order valence-corrected chi connectivity index (χ0v) is 21.2. The van der Waals surface area contributed by atoms with Crippen molar-refractivity contribution in [3.8, 4) is 0 Å². The highest BCUT2D eigenvalue weighted by Crippen LogP contribution is 2.33. The van der Waals surface area contributed by atoms with Crippen LogP contribution >= 0.6 is 0 Å². The molecule has 0 radical (unpaired) electrons. The number of halogens is 3. The minimum atomic E-state index is -4.41. The number of nitrogens with zero attached hydrogens (tertiary/aromatic N) is 1. The van der Waals surface area contributed by atoms with E-state index in [0.717, 1.165) is 66.4 Å². The van der Waals surface area contributed by atoms with Gasteiger partial charge in [-0.15, -0.1) is 0 Å². The maximum absolute atomic E-state index is 13.1. The van der Waals surface area contributed by atoms with Gasteiger partial charge in [0.15, 0.2) is 0 Å². The second-order valence-corrected chi connectivity index (χ2v) is 9.39. The Morgan fingerprint density at radius 2 is 1.89 bits per heavy atom. The van der Waals surface area contributed by atoms with Crippen LogP contribution in [0.3, 0.4) is 0 Å². The first-order valence-electron chi connectivity index (χ1n) is 12.5. The van der Waals surface area contributed by atoms with E-state index in [2.05, 4.69) is 27.5 Å². The van der Waals surface area contributed by atoms with E-state index in [4.69, 9.17) is 10.1 Å². The summed E-state index contributed by atoms with van der Waals surface area (Å²) in [5, 5.41) is 18.0. The molecular weight excluding hydrogens is 491 g/mol. The summed E-state index contributed by atoms with van der Waals surface area (Å²) in [6.07, 6.45) is 2.29. The van der Waals surface area contributed by atoms with Gasteiger partial charge in [0.1, 0.15) is 0 Å². The van der Waals surface area contributed by atoms with Crippen molar-refractivity contribution < 1.29 is 17.9 Å². The minimum absolute atomic E-state index is 0.270. The van der Waals surface area contributed by atoms with Crippen LogP contribution in [0.1, 0.15) is 35.4 Å². The SMILES string of the molecule is C=C(Nc1ccncc1C(C=N)CNc1cc(Nc2cccc(C(F)(F)F)c2)ccc1C)C1CCOCC1. The van der Waals surface area contributed by atoms with E-state index >= 15 is 0 Å². The van der Waals surface area contributed by atoms with Crippen LogP contribution in [-0.2, 0) is 10.9 Å². The van der Waals surface area contributed by atoms with Gasteiger partial charge < -0.3 is 26.1 Å². The van der Waals surface area contributed by atoms with E-state index in [1.165, 1.54) is 12.3 Å². The molecule has 1 aliphatic heterocycles. The number of anilines is 4. The molecule has 38 heavy (non-hydrogen) atoms. The van der Waals surface area contributed by atoms with Crippen molar-refractivity contribution in [3.63, 3.8) is 0 Å². The molecule has 0 amide bonds. The molecule has 0 spiro atoms. The average Bonchev–Trinajstić information content (AvgIpc) is 2.91. The highest BCUT2D eigenvalue weighted by atomic mass is 19.4. The van der Waals surface area contributed by atoms with Gasteiger partial charge in [-0.05, 0) is 61.7 Å². The van der Waals surface area contributed by atoms with Crippen LogP contribution in [-0.4, -0.2) is 31.0 Å². The zero-order valence-electron chi connectivity index (χ0n) is 21.2. The standard InChI is InChI=1S/C29H32F3N5O/c1-19-6-7-25(37-24-5-3-4-23(14-24)29(30,31)32)15-28(19)35-17-22(16-33)26-18-34-11-8-27(26)36-20(2)21-9-12-38-13-10-21/h3-8,11,14-16,18,21-22,33,35,37H,2,9-10,12-13,17H2,1H3,(H,34,36). The average molecular weight is 524 g/mol. The second kappa shape index (κ2) is 12.1. The maximum atomic E-state index is 13.1. The number of hydrogen-bond donors (Lipinski definition) is 4. The highest BCUT2D eigenvalue weighted by molar-refractivity contribution is 5.73. The molecule has 1 atom stereocenters. The van der Waals surface area contributed by atoms with Crippen molar-refractivity contribution in [3.05, 3.63) is 89.9 Å². The topological polar surface area (TPSA) is 82.1 Å². The van der Waals surface area contributed by atoms with Crippen molar-refractivity contribution in [2.45, 2.75) is 31.9 Å². The fourth-order valence-electron chi connectivity index (χ4n) is 4.45. The van der Waals surface area contributed by atoms with Crippen LogP contribution in [0.2, 0.25) is 0 Å². The number of benzene rings is 2. The largest absolute Gasteiger partial charge is 0.416 e. The first-order valence-corrected chi connectivity index (χ1v) is 12.5. The Hall–Kier alpha value is -3.85. The van der Waals surface area contributed by atoms with Gasteiger partial charge in [0.2, 0.25) is 0 Å². The number of allylic oxidation sites excluding steroid dienone is 1. The number of hydrogen-bond acceptors (Lipinski definition) is 6. The van der Waals surface area contributed by atoms with Crippen molar-refractivity contribution in [2.75, 3.05) is 35.7 Å². The third-order valence-electron chi connectivity index (χ3n) is 6.69. The normalized spacial score (nSPS) is 14.9. The van der Waals surface area contributed by atoms with Gasteiger partial charge in [-0.2, -0.15) is 13.2 Å². The van der Waals surface area contributed by atoms with Crippen molar-refractivity contribution >= 4 is 29.0 Å². The maximum Gasteiger partial charge on any atom is 0.416 e. The summed E-state index contributed by atoms with van der Waals surface area (Å²) in [6.45, 7) is 8.07. The fraction of sp³-hybridized carbons (Fsp3) is 0.310. The van der Waals surface area contributed by atoms with Crippen LogP contribution in [0.5, 0.6) is 0 Å². The Morgan fingerprint density at radius 3 is 2.63 bits per heavy atom. The first kappa shape index (κ1) is 27.2. The third kappa shape index (κ3) is 6.92. The summed E-state index contributed by atoms with van der Waals surface area (Å²) >= 11 is 0. The molecule has 0 bridgehead atoms. The van der Waals surface area contributed by atoms with E-state index < -0.39 is 11.7 Å². The Kier molecular flexibility index (Phi) is 8.68.